The number of piperidine rings is 1. The van der Waals surface area contributed by atoms with Crippen molar-refractivity contribution in [3.05, 3.63) is 17.6 Å². The van der Waals surface area contributed by atoms with Gasteiger partial charge in [-0.2, -0.15) is 0 Å². The van der Waals surface area contributed by atoms with Gasteiger partial charge < -0.3 is 15.1 Å². The van der Waals surface area contributed by atoms with Crippen LogP contribution in [0.5, 0.6) is 0 Å². The average Bonchev–Trinajstić information content (AvgIpc) is 2.73. The molecule has 0 bridgehead atoms. The maximum absolute atomic E-state index is 11.7. The van der Waals surface area contributed by atoms with Gasteiger partial charge in [0.15, 0.2) is 0 Å². The highest BCUT2D eigenvalue weighted by molar-refractivity contribution is 5.77. The molecule has 108 valence electrons. The van der Waals surface area contributed by atoms with Gasteiger partial charge in [-0.3, -0.25) is 0 Å². The molecule has 2 aliphatic heterocycles. The molecule has 2 fully saturated rings. The van der Waals surface area contributed by atoms with Gasteiger partial charge in [0.1, 0.15) is 11.6 Å². The maximum atomic E-state index is 11.7. The minimum Gasteiger partial charge on any atom is -0.354 e. The van der Waals surface area contributed by atoms with Crippen LogP contribution in [-0.2, 0) is 6.42 Å². The Kier molecular flexibility index (Phi) is 3.23. The summed E-state index contributed by atoms with van der Waals surface area (Å²) in [6, 6.07) is 2.61. The SMILES string of the molecule is CCc1cc(N2CC[C@H]3[C@@H](C2)NC(=O)N3C)nc(C)n1. The predicted octanol–water partition coefficient (Wildman–Crippen LogP) is 0.950. The first-order chi connectivity index (χ1) is 9.58. The monoisotopic (exact) mass is 275 g/mol. The number of aromatic nitrogens is 2. The standard InChI is InChI=1S/C14H21N5O/c1-4-10-7-13(16-9(2)15-10)19-6-5-12-11(8-19)17-14(20)18(12)3/h7,11-12H,4-6,8H2,1-3H3,(H,17,20)/t11-,12+/m1/s1. The molecule has 2 atom stereocenters. The number of fused-ring (bicyclic) bond motifs is 1. The summed E-state index contributed by atoms with van der Waals surface area (Å²) >= 11 is 0. The second-order valence-electron chi connectivity index (χ2n) is 5.59. The Bertz CT molecular complexity index is 532. The van der Waals surface area contributed by atoms with Crippen molar-refractivity contribution in [2.75, 3.05) is 25.0 Å². The molecule has 3 heterocycles. The van der Waals surface area contributed by atoms with Gasteiger partial charge in [0.25, 0.3) is 0 Å². The number of carbonyl (C=O) groups is 1. The molecule has 0 unspecified atom stereocenters. The number of nitrogens with zero attached hydrogens (tertiary/aromatic N) is 4. The average molecular weight is 275 g/mol. The first kappa shape index (κ1) is 13.1. The Morgan fingerprint density at radius 3 is 3.00 bits per heavy atom. The zero-order valence-electron chi connectivity index (χ0n) is 12.3. The van der Waals surface area contributed by atoms with Crippen molar-refractivity contribution in [2.24, 2.45) is 0 Å². The highest BCUT2D eigenvalue weighted by atomic mass is 16.2. The number of likely N-dealkylation sites (N-methyl/N-ethyl adjacent to an activating group) is 1. The molecule has 2 saturated heterocycles. The van der Waals surface area contributed by atoms with E-state index in [4.69, 9.17) is 0 Å². The Labute approximate surface area is 119 Å². The lowest BCUT2D eigenvalue weighted by atomic mass is 10.0. The molecular weight excluding hydrogens is 254 g/mol. The van der Waals surface area contributed by atoms with Crippen LogP contribution in [0.3, 0.4) is 0 Å². The van der Waals surface area contributed by atoms with Gasteiger partial charge >= 0.3 is 6.03 Å². The quantitative estimate of drug-likeness (QED) is 0.873. The fraction of sp³-hybridized carbons (Fsp3) is 0.643. The van der Waals surface area contributed by atoms with Gasteiger partial charge in [0.2, 0.25) is 0 Å². The smallest absolute Gasteiger partial charge is 0.317 e. The first-order valence-electron chi connectivity index (χ1n) is 7.21. The molecule has 3 rings (SSSR count). The topological polar surface area (TPSA) is 61.4 Å². The molecule has 2 aliphatic rings. The third-order valence-corrected chi connectivity index (χ3v) is 4.27. The summed E-state index contributed by atoms with van der Waals surface area (Å²) in [6.45, 7) is 5.78. The molecule has 6 nitrogen and oxygen atoms in total. The number of nitrogens with one attached hydrogen (secondary N) is 1. The molecule has 1 N–H and O–H groups in total. The van der Waals surface area contributed by atoms with E-state index < -0.39 is 0 Å². The van der Waals surface area contributed by atoms with E-state index in [2.05, 4.69) is 33.2 Å². The van der Waals surface area contributed by atoms with Gasteiger partial charge in [-0.1, -0.05) is 6.92 Å². The second-order valence-corrected chi connectivity index (χ2v) is 5.59. The van der Waals surface area contributed by atoms with Crippen molar-refractivity contribution in [2.45, 2.75) is 38.8 Å². The lowest BCUT2D eigenvalue weighted by Gasteiger charge is -2.36. The third-order valence-electron chi connectivity index (χ3n) is 4.27. The van der Waals surface area contributed by atoms with E-state index in [9.17, 15) is 4.79 Å². The molecule has 0 aliphatic carbocycles. The predicted molar refractivity (Wildman–Crippen MR) is 76.8 cm³/mol. The number of aryl methyl sites for hydroxylation is 2. The number of anilines is 1. The molecule has 6 heteroatoms. The van der Waals surface area contributed by atoms with Gasteiger partial charge in [0.05, 0.1) is 12.1 Å². The number of rotatable bonds is 2. The van der Waals surface area contributed by atoms with Crippen LogP contribution in [0.25, 0.3) is 0 Å². The second kappa shape index (κ2) is 4.92. The van der Waals surface area contributed by atoms with Crippen LogP contribution in [0.4, 0.5) is 10.6 Å². The lowest BCUT2D eigenvalue weighted by Crippen LogP contribution is -2.51. The van der Waals surface area contributed by atoms with E-state index in [-0.39, 0.29) is 12.1 Å². The molecule has 20 heavy (non-hydrogen) atoms. The summed E-state index contributed by atoms with van der Waals surface area (Å²) in [4.78, 5) is 24.8. The van der Waals surface area contributed by atoms with Crippen LogP contribution in [0, 0.1) is 6.92 Å². The first-order valence-corrected chi connectivity index (χ1v) is 7.21. The fourth-order valence-corrected chi connectivity index (χ4v) is 3.12. The van der Waals surface area contributed by atoms with E-state index in [1.165, 1.54) is 0 Å². The summed E-state index contributed by atoms with van der Waals surface area (Å²) in [6.07, 6.45) is 1.89. The Hall–Kier alpha value is -1.85. The lowest BCUT2D eigenvalue weighted by molar-refractivity contribution is 0.212. The van der Waals surface area contributed by atoms with Gasteiger partial charge in [-0.25, -0.2) is 14.8 Å². The van der Waals surface area contributed by atoms with E-state index >= 15 is 0 Å². The summed E-state index contributed by atoms with van der Waals surface area (Å²) in [7, 11) is 1.87. The number of hydrogen-bond acceptors (Lipinski definition) is 4. The third kappa shape index (κ3) is 2.19. The van der Waals surface area contributed by atoms with E-state index in [1.807, 2.05) is 18.9 Å². The van der Waals surface area contributed by atoms with Crippen molar-refractivity contribution in [3.63, 3.8) is 0 Å². The molecular formula is C14H21N5O. The number of urea groups is 1. The van der Waals surface area contributed by atoms with Crippen molar-refractivity contribution in [1.29, 1.82) is 0 Å². The number of amides is 2. The zero-order chi connectivity index (χ0) is 14.3. The summed E-state index contributed by atoms with van der Waals surface area (Å²) in [5.41, 5.74) is 1.07. The van der Waals surface area contributed by atoms with E-state index in [1.54, 1.807) is 0 Å². The van der Waals surface area contributed by atoms with Crippen LogP contribution >= 0.6 is 0 Å². The van der Waals surface area contributed by atoms with Crippen molar-refractivity contribution in [1.82, 2.24) is 20.2 Å². The van der Waals surface area contributed by atoms with Crippen LogP contribution in [0.1, 0.15) is 24.9 Å². The largest absolute Gasteiger partial charge is 0.354 e. The zero-order valence-corrected chi connectivity index (χ0v) is 12.3. The van der Waals surface area contributed by atoms with Crippen LogP contribution in [-0.4, -0.2) is 53.1 Å². The van der Waals surface area contributed by atoms with Crippen molar-refractivity contribution in [3.8, 4) is 0 Å². The Balaban J connectivity index is 1.80. The van der Waals surface area contributed by atoms with Crippen molar-refractivity contribution >= 4 is 11.8 Å². The van der Waals surface area contributed by atoms with Gasteiger partial charge in [-0.15, -0.1) is 0 Å². The van der Waals surface area contributed by atoms with Crippen LogP contribution < -0.4 is 10.2 Å². The number of hydrogen-bond donors (Lipinski definition) is 1. The molecule has 1 aromatic heterocycles. The van der Waals surface area contributed by atoms with Crippen LogP contribution in [0.2, 0.25) is 0 Å². The minimum atomic E-state index is 0.0370. The van der Waals surface area contributed by atoms with E-state index in [0.717, 1.165) is 43.3 Å². The molecule has 0 radical (unpaired) electrons. The normalized spacial score (nSPS) is 25.6. The molecule has 2 amide bonds. The molecule has 0 saturated carbocycles. The van der Waals surface area contributed by atoms with Gasteiger partial charge in [-0.05, 0) is 19.8 Å². The molecule has 0 aromatic carbocycles. The fourth-order valence-electron chi connectivity index (χ4n) is 3.12. The maximum Gasteiger partial charge on any atom is 0.317 e. The summed E-state index contributed by atoms with van der Waals surface area (Å²) in [5, 5.41) is 3.05. The Morgan fingerprint density at radius 2 is 2.25 bits per heavy atom. The highest BCUT2D eigenvalue weighted by Crippen LogP contribution is 2.25. The summed E-state index contributed by atoms with van der Waals surface area (Å²) in [5.74, 6) is 1.80. The molecule has 0 spiro atoms. The highest BCUT2D eigenvalue weighted by Gasteiger charge is 2.40. The van der Waals surface area contributed by atoms with Crippen LogP contribution in [0.15, 0.2) is 6.07 Å². The van der Waals surface area contributed by atoms with E-state index in [0.29, 0.717) is 6.04 Å². The summed E-state index contributed by atoms with van der Waals surface area (Å²) < 4.78 is 0. The van der Waals surface area contributed by atoms with Gasteiger partial charge in [0, 0.05) is 31.9 Å². The number of carbonyl (C=O) groups excluding carboxylic acids is 1. The minimum absolute atomic E-state index is 0.0370. The molecule has 1 aromatic rings. The Morgan fingerprint density at radius 1 is 1.45 bits per heavy atom. The van der Waals surface area contributed by atoms with Crippen molar-refractivity contribution < 1.29 is 4.79 Å².